The molecule has 0 aromatic carbocycles. The van der Waals surface area contributed by atoms with E-state index in [0.29, 0.717) is 25.7 Å². The SMILES string of the molecule is CCCCCCCCCCCCCCC(=O)O[C@H](COC(=O)CCCCCCCCCCCCC)COP(=O)(O)OC[C@@H](O)COP(=O)(O)OC[C@@H](COC(=O)CCCCCCCCC)OC(=O)CCCCCCCCCCC. The van der Waals surface area contributed by atoms with Gasteiger partial charge >= 0.3 is 39.5 Å². The zero-order valence-electron chi connectivity index (χ0n) is 50.3. The van der Waals surface area contributed by atoms with E-state index in [1.54, 1.807) is 0 Å². The number of esters is 4. The summed E-state index contributed by atoms with van der Waals surface area (Å²) in [5.41, 5.74) is 0. The Morgan fingerprint density at radius 1 is 0.304 bits per heavy atom. The van der Waals surface area contributed by atoms with Crippen LogP contribution < -0.4 is 0 Å². The molecule has 3 N–H and O–H groups in total. The standard InChI is InChI=1S/C60H116O17P2/c1-5-9-13-17-21-24-26-28-31-35-39-43-47-60(65)77-56(51-71-58(63)45-41-37-33-30-27-25-22-18-14-10-6-2)53-75-79(68,69)73-49-54(61)48-72-78(66,67)74-52-55(50-70-57(62)44-40-36-32-20-16-12-8-4)76-59(64)46-42-38-34-29-23-19-15-11-7-3/h54-56,61H,5-53H2,1-4H3,(H,66,67)(H,68,69)/t54-,55+,56+/m0/s1. The highest BCUT2D eigenvalue weighted by Gasteiger charge is 2.30. The Kier molecular flexibility index (Phi) is 53.9. The molecule has 0 spiro atoms. The molecule has 5 atom stereocenters. The number of unbranched alkanes of at least 4 members (excludes halogenated alkanes) is 35. The molecule has 0 aliphatic heterocycles. The van der Waals surface area contributed by atoms with Crippen LogP contribution in [-0.2, 0) is 65.4 Å². The van der Waals surface area contributed by atoms with E-state index in [-0.39, 0.29) is 25.7 Å². The molecule has 0 aliphatic rings. The molecule has 2 unspecified atom stereocenters. The fourth-order valence-corrected chi connectivity index (χ4v) is 10.5. The van der Waals surface area contributed by atoms with Gasteiger partial charge in [0.15, 0.2) is 12.2 Å². The smallest absolute Gasteiger partial charge is 0.462 e. The van der Waals surface area contributed by atoms with Crippen LogP contribution in [0.2, 0.25) is 0 Å². The van der Waals surface area contributed by atoms with E-state index in [0.717, 1.165) is 103 Å². The van der Waals surface area contributed by atoms with Crippen LogP contribution in [0.5, 0.6) is 0 Å². The lowest BCUT2D eigenvalue weighted by Gasteiger charge is -2.21. The second kappa shape index (κ2) is 55.3. The average Bonchev–Trinajstić information content (AvgIpc) is 3.42. The number of aliphatic hydroxyl groups is 1. The van der Waals surface area contributed by atoms with Crippen molar-refractivity contribution in [3.8, 4) is 0 Å². The van der Waals surface area contributed by atoms with Gasteiger partial charge < -0.3 is 33.8 Å². The molecule has 0 heterocycles. The Hall–Kier alpha value is -1.94. The van der Waals surface area contributed by atoms with Gasteiger partial charge in [-0.2, -0.15) is 0 Å². The van der Waals surface area contributed by atoms with Crippen molar-refractivity contribution < 1.29 is 80.2 Å². The van der Waals surface area contributed by atoms with E-state index in [1.807, 2.05) is 0 Å². The molecule has 0 aromatic heterocycles. The van der Waals surface area contributed by atoms with Crippen LogP contribution in [-0.4, -0.2) is 96.7 Å². The highest BCUT2D eigenvalue weighted by atomic mass is 31.2. The monoisotopic (exact) mass is 1170 g/mol. The maximum Gasteiger partial charge on any atom is 0.472 e. The Morgan fingerprint density at radius 2 is 0.506 bits per heavy atom. The minimum Gasteiger partial charge on any atom is -0.462 e. The van der Waals surface area contributed by atoms with Gasteiger partial charge in [-0.15, -0.1) is 0 Å². The normalized spacial score (nSPS) is 14.3. The number of carbonyl (C=O) groups is 4. The van der Waals surface area contributed by atoms with E-state index < -0.39 is 97.5 Å². The highest BCUT2D eigenvalue weighted by Crippen LogP contribution is 2.45. The van der Waals surface area contributed by atoms with Crippen LogP contribution in [0.15, 0.2) is 0 Å². The maximum atomic E-state index is 12.9. The van der Waals surface area contributed by atoms with E-state index in [1.165, 1.54) is 122 Å². The first-order valence-corrected chi connectivity index (χ1v) is 34.8. The first-order valence-electron chi connectivity index (χ1n) is 31.8. The first-order chi connectivity index (χ1) is 38.2. The number of rotatable bonds is 61. The minimum absolute atomic E-state index is 0.106. The number of hydrogen-bond acceptors (Lipinski definition) is 15. The summed E-state index contributed by atoms with van der Waals surface area (Å²) < 4.78 is 67.7. The third-order valence-electron chi connectivity index (χ3n) is 13.9. The number of aliphatic hydroxyl groups excluding tert-OH is 1. The number of phosphoric acid groups is 2. The van der Waals surface area contributed by atoms with Crippen LogP contribution in [0.3, 0.4) is 0 Å². The second-order valence-electron chi connectivity index (χ2n) is 21.7. The minimum atomic E-state index is -4.94. The molecule has 79 heavy (non-hydrogen) atoms. The molecule has 0 bridgehead atoms. The molecular weight excluding hydrogens is 1050 g/mol. The number of hydrogen-bond donors (Lipinski definition) is 3. The van der Waals surface area contributed by atoms with Crippen LogP contribution in [0.25, 0.3) is 0 Å². The highest BCUT2D eigenvalue weighted by molar-refractivity contribution is 7.47. The zero-order valence-corrected chi connectivity index (χ0v) is 52.1. The Balaban J connectivity index is 5.21. The zero-order chi connectivity index (χ0) is 58.3. The summed E-state index contributed by atoms with van der Waals surface area (Å²) in [6.07, 6.45) is 38.9. The Bertz CT molecular complexity index is 1540. The average molecular weight is 1170 g/mol. The van der Waals surface area contributed by atoms with Gasteiger partial charge in [-0.3, -0.25) is 37.3 Å². The topological polar surface area (TPSA) is 237 Å². The quantitative estimate of drug-likeness (QED) is 0.0222. The number of ether oxygens (including phenoxy) is 4. The molecule has 0 amide bonds. The van der Waals surface area contributed by atoms with Gasteiger partial charge in [-0.25, -0.2) is 9.13 Å². The van der Waals surface area contributed by atoms with E-state index >= 15 is 0 Å². The summed E-state index contributed by atoms with van der Waals surface area (Å²) in [4.78, 5) is 71.9. The van der Waals surface area contributed by atoms with E-state index in [2.05, 4.69) is 27.7 Å². The predicted molar refractivity (Wildman–Crippen MR) is 312 cm³/mol. The van der Waals surface area contributed by atoms with Gasteiger partial charge in [0.05, 0.1) is 26.4 Å². The van der Waals surface area contributed by atoms with Crippen molar-refractivity contribution in [1.29, 1.82) is 0 Å². The molecule has 0 aliphatic carbocycles. The van der Waals surface area contributed by atoms with Crippen molar-refractivity contribution in [3.05, 3.63) is 0 Å². The van der Waals surface area contributed by atoms with Crippen LogP contribution in [0, 0.1) is 0 Å². The summed E-state index contributed by atoms with van der Waals surface area (Å²) in [6, 6.07) is 0. The molecule has 19 heteroatoms. The van der Waals surface area contributed by atoms with Gasteiger partial charge in [0.25, 0.3) is 0 Å². The first kappa shape index (κ1) is 77.1. The van der Waals surface area contributed by atoms with Crippen molar-refractivity contribution >= 4 is 39.5 Å². The van der Waals surface area contributed by atoms with Crippen molar-refractivity contribution in [3.63, 3.8) is 0 Å². The molecule has 0 saturated heterocycles. The fourth-order valence-electron chi connectivity index (χ4n) is 8.93. The van der Waals surface area contributed by atoms with Crippen molar-refractivity contribution in [2.45, 2.75) is 322 Å². The van der Waals surface area contributed by atoms with Gasteiger partial charge in [-0.1, -0.05) is 252 Å². The van der Waals surface area contributed by atoms with Crippen molar-refractivity contribution in [2.24, 2.45) is 0 Å². The summed E-state index contributed by atoms with van der Waals surface area (Å²) >= 11 is 0. The lowest BCUT2D eigenvalue weighted by atomic mass is 10.0. The van der Waals surface area contributed by atoms with Gasteiger partial charge in [0, 0.05) is 25.7 Å². The second-order valence-corrected chi connectivity index (χ2v) is 24.6. The van der Waals surface area contributed by atoms with Gasteiger partial charge in [0.1, 0.15) is 19.3 Å². The third-order valence-corrected chi connectivity index (χ3v) is 15.8. The van der Waals surface area contributed by atoms with Crippen LogP contribution in [0.1, 0.15) is 304 Å². The van der Waals surface area contributed by atoms with Crippen molar-refractivity contribution in [1.82, 2.24) is 0 Å². The summed E-state index contributed by atoms with van der Waals surface area (Å²) in [7, 11) is -9.87. The summed E-state index contributed by atoms with van der Waals surface area (Å²) in [6.45, 7) is 4.81. The van der Waals surface area contributed by atoms with E-state index in [4.69, 9.17) is 37.0 Å². The lowest BCUT2D eigenvalue weighted by Crippen LogP contribution is -2.30. The third kappa shape index (κ3) is 55.0. The molecule has 0 fully saturated rings. The summed E-state index contributed by atoms with van der Waals surface area (Å²) in [5, 5.41) is 10.5. The van der Waals surface area contributed by atoms with Crippen LogP contribution in [0.4, 0.5) is 0 Å². The largest absolute Gasteiger partial charge is 0.472 e. The van der Waals surface area contributed by atoms with Crippen molar-refractivity contribution in [2.75, 3.05) is 39.6 Å². The molecular formula is C60H116O17P2. The summed E-state index contributed by atoms with van der Waals surface area (Å²) in [5.74, 6) is -2.14. The molecule has 0 rings (SSSR count). The molecule has 0 saturated carbocycles. The van der Waals surface area contributed by atoms with Gasteiger partial charge in [0.2, 0.25) is 0 Å². The molecule has 468 valence electrons. The molecule has 0 radical (unpaired) electrons. The Morgan fingerprint density at radius 3 is 0.747 bits per heavy atom. The predicted octanol–water partition coefficient (Wildman–Crippen LogP) is 16.4. The molecule has 0 aromatic rings. The maximum absolute atomic E-state index is 12.9. The number of carbonyl (C=O) groups excluding carboxylic acids is 4. The molecule has 17 nitrogen and oxygen atoms in total. The van der Waals surface area contributed by atoms with E-state index in [9.17, 15) is 43.2 Å². The lowest BCUT2D eigenvalue weighted by molar-refractivity contribution is -0.161. The Labute approximate surface area is 479 Å². The fraction of sp³-hybridized carbons (Fsp3) is 0.933. The van der Waals surface area contributed by atoms with Crippen LogP contribution >= 0.6 is 15.6 Å². The van der Waals surface area contributed by atoms with Gasteiger partial charge in [-0.05, 0) is 25.7 Å². The number of phosphoric ester groups is 2.